The van der Waals surface area contributed by atoms with E-state index in [0.717, 1.165) is 5.56 Å². The molecule has 0 aliphatic carbocycles. The van der Waals surface area contributed by atoms with Gasteiger partial charge in [-0.15, -0.1) is 0 Å². The first-order valence-electron chi connectivity index (χ1n) is 8.62. The lowest BCUT2D eigenvalue weighted by Gasteiger charge is -2.33. The van der Waals surface area contributed by atoms with Crippen LogP contribution in [0.1, 0.15) is 24.2 Å². The number of phenols is 1. The maximum Gasteiger partial charge on any atom is 0.236 e. The van der Waals surface area contributed by atoms with Gasteiger partial charge in [-0.25, -0.2) is 0 Å². The van der Waals surface area contributed by atoms with Gasteiger partial charge in [-0.05, 0) is 35.4 Å². The molecule has 28 heavy (non-hydrogen) atoms. The minimum absolute atomic E-state index is 0.0187. The molecule has 3 N–H and O–H groups in total. The Labute approximate surface area is 164 Å². The topological polar surface area (TPSA) is 97.6 Å². The maximum atomic E-state index is 11.0. The molecule has 7 nitrogen and oxygen atoms in total. The van der Waals surface area contributed by atoms with Gasteiger partial charge in [0, 0.05) is 14.0 Å². The van der Waals surface area contributed by atoms with Crippen LogP contribution in [-0.4, -0.2) is 49.0 Å². The molecule has 0 aliphatic rings. The van der Waals surface area contributed by atoms with Crippen LogP contribution in [0.5, 0.6) is 23.0 Å². The minimum Gasteiger partial charge on any atom is -0.504 e. The fourth-order valence-corrected chi connectivity index (χ4v) is 2.86. The summed E-state index contributed by atoms with van der Waals surface area (Å²) < 4.78 is 21.8. The van der Waals surface area contributed by atoms with Crippen LogP contribution >= 0.6 is 0 Å². The normalized spacial score (nSPS) is 14.5. The van der Waals surface area contributed by atoms with Crippen molar-refractivity contribution in [1.29, 1.82) is 0 Å². The molecule has 0 saturated carbocycles. The molecule has 0 fully saturated rings. The smallest absolute Gasteiger partial charge is 0.236 e. The summed E-state index contributed by atoms with van der Waals surface area (Å²) in [6.45, 7) is 1.40. The molecule has 0 spiro atoms. The van der Waals surface area contributed by atoms with Crippen molar-refractivity contribution < 1.29 is 34.3 Å². The molecule has 152 valence electrons. The monoisotopic (exact) mass is 390 g/mol. The number of ether oxygens (including phenoxy) is 4. The van der Waals surface area contributed by atoms with Crippen LogP contribution in [0, 0.1) is 0 Å². The second kappa shape index (κ2) is 9.45. The Morgan fingerprint density at radius 2 is 1.71 bits per heavy atom. The predicted molar refractivity (Wildman–Crippen MR) is 105 cm³/mol. The lowest BCUT2D eigenvalue weighted by molar-refractivity contribution is -0.204. The van der Waals surface area contributed by atoms with Gasteiger partial charge in [-0.3, -0.25) is 0 Å². The Hall–Kier alpha value is -2.74. The minimum atomic E-state index is -1.76. The largest absolute Gasteiger partial charge is 0.504 e. The summed E-state index contributed by atoms with van der Waals surface area (Å²) in [6.07, 6.45) is 2.47. The third-order valence-electron chi connectivity index (χ3n) is 4.15. The molecule has 2 atom stereocenters. The van der Waals surface area contributed by atoms with E-state index >= 15 is 0 Å². The molecule has 0 saturated heterocycles. The van der Waals surface area contributed by atoms with Crippen LogP contribution in [0.15, 0.2) is 42.5 Å². The summed E-state index contributed by atoms with van der Waals surface area (Å²) in [4.78, 5) is 0. The van der Waals surface area contributed by atoms with Crippen molar-refractivity contribution in [2.45, 2.75) is 18.8 Å². The van der Waals surface area contributed by atoms with Gasteiger partial charge in [0.15, 0.2) is 23.0 Å². The summed E-state index contributed by atoms with van der Waals surface area (Å²) >= 11 is 0. The van der Waals surface area contributed by atoms with Crippen molar-refractivity contribution in [2.24, 2.45) is 0 Å². The first-order chi connectivity index (χ1) is 13.4. The number of aliphatic hydroxyl groups excluding tert-OH is 1. The fourth-order valence-electron chi connectivity index (χ4n) is 2.86. The number of aliphatic hydroxyl groups is 2. The highest BCUT2D eigenvalue weighted by molar-refractivity contribution is 5.56. The third kappa shape index (κ3) is 4.95. The molecule has 0 aromatic heterocycles. The lowest BCUT2D eigenvalue weighted by atomic mass is 10.0. The Bertz CT molecular complexity index is 814. The van der Waals surface area contributed by atoms with E-state index in [2.05, 4.69) is 0 Å². The SMILES string of the molecule is COc1cc(C(OC)C(C)(O)Oc2ccc(C=CCO)cc2OC)ccc1O. The third-order valence-corrected chi connectivity index (χ3v) is 4.15. The van der Waals surface area contributed by atoms with E-state index in [-0.39, 0.29) is 18.1 Å². The molecular formula is C21H26O7. The van der Waals surface area contributed by atoms with E-state index in [9.17, 15) is 10.2 Å². The van der Waals surface area contributed by atoms with Crippen molar-refractivity contribution in [2.75, 3.05) is 27.9 Å². The van der Waals surface area contributed by atoms with Crippen molar-refractivity contribution >= 4 is 6.08 Å². The lowest BCUT2D eigenvalue weighted by Crippen LogP contribution is -2.40. The molecule has 2 aromatic rings. The average Bonchev–Trinajstić information content (AvgIpc) is 2.68. The summed E-state index contributed by atoms with van der Waals surface area (Å²) in [7, 11) is 4.38. The first kappa shape index (κ1) is 21.6. The van der Waals surface area contributed by atoms with Crippen LogP contribution in [0.3, 0.4) is 0 Å². The highest BCUT2D eigenvalue weighted by atomic mass is 16.7. The van der Waals surface area contributed by atoms with Gasteiger partial charge in [0.1, 0.15) is 6.10 Å². The van der Waals surface area contributed by atoms with E-state index in [4.69, 9.17) is 24.1 Å². The molecule has 0 aliphatic heterocycles. The first-order valence-corrected chi connectivity index (χ1v) is 8.62. The quantitative estimate of drug-likeness (QED) is 0.567. The number of benzene rings is 2. The van der Waals surface area contributed by atoms with Gasteiger partial charge < -0.3 is 34.3 Å². The molecule has 0 radical (unpaired) electrons. The molecular weight excluding hydrogens is 364 g/mol. The van der Waals surface area contributed by atoms with Gasteiger partial charge in [-0.1, -0.05) is 24.3 Å². The van der Waals surface area contributed by atoms with Crippen LogP contribution in [-0.2, 0) is 4.74 Å². The van der Waals surface area contributed by atoms with E-state index in [1.807, 2.05) is 0 Å². The number of rotatable bonds is 9. The van der Waals surface area contributed by atoms with Crippen molar-refractivity contribution in [3.8, 4) is 23.0 Å². The number of hydrogen-bond donors (Lipinski definition) is 3. The number of methoxy groups -OCH3 is 3. The number of aromatic hydroxyl groups is 1. The van der Waals surface area contributed by atoms with E-state index in [1.54, 1.807) is 42.5 Å². The van der Waals surface area contributed by atoms with Crippen molar-refractivity contribution in [3.63, 3.8) is 0 Å². The summed E-state index contributed by atoms with van der Waals surface area (Å²) in [5.74, 6) is -0.783. The van der Waals surface area contributed by atoms with Crippen LogP contribution in [0.2, 0.25) is 0 Å². The van der Waals surface area contributed by atoms with Gasteiger partial charge in [0.25, 0.3) is 0 Å². The molecule has 0 amide bonds. The molecule has 2 unspecified atom stereocenters. The molecule has 0 bridgehead atoms. The zero-order chi connectivity index (χ0) is 20.7. The standard InChI is InChI=1S/C21H26O7/c1-21(24,20(27-4)15-8-9-16(23)18(13-15)25-2)28-17-10-7-14(6-5-11-22)12-19(17)26-3/h5-10,12-13,20,22-24H,11H2,1-4H3. The van der Waals surface area contributed by atoms with Crippen molar-refractivity contribution in [3.05, 3.63) is 53.6 Å². The Balaban J connectivity index is 2.33. The Morgan fingerprint density at radius 3 is 2.32 bits per heavy atom. The Morgan fingerprint density at radius 1 is 1.00 bits per heavy atom. The highest BCUT2D eigenvalue weighted by Gasteiger charge is 2.37. The molecule has 2 rings (SSSR count). The molecule has 7 heteroatoms. The average molecular weight is 390 g/mol. The summed E-state index contributed by atoms with van der Waals surface area (Å²) in [5.41, 5.74) is 1.37. The number of phenolic OH excluding ortho intramolecular Hbond substituents is 1. The van der Waals surface area contributed by atoms with Crippen LogP contribution in [0.25, 0.3) is 6.08 Å². The molecule has 0 heterocycles. The van der Waals surface area contributed by atoms with Gasteiger partial charge in [0.2, 0.25) is 5.79 Å². The summed E-state index contributed by atoms with van der Waals surface area (Å²) in [6, 6.07) is 9.80. The van der Waals surface area contributed by atoms with E-state index in [1.165, 1.54) is 34.3 Å². The Kier molecular flexibility index (Phi) is 7.28. The van der Waals surface area contributed by atoms with Crippen LogP contribution < -0.4 is 14.2 Å². The predicted octanol–water partition coefficient (Wildman–Crippen LogP) is 2.89. The second-order valence-corrected chi connectivity index (χ2v) is 6.20. The van der Waals surface area contributed by atoms with E-state index < -0.39 is 11.9 Å². The number of hydrogen-bond acceptors (Lipinski definition) is 7. The van der Waals surface area contributed by atoms with E-state index in [0.29, 0.717) is 17.1 Å². The van der Waals surface area contributed by atoms with Gasteiger partial charge in [0.05, 0.1) is 20.8 Å². The fraction of sp³-hybridized carbons (Fsp3) is 0.333. The zero-order valence-corrected chi connectivity index (χ0v) is 16.4. The van der Waals surface area contributed by atoms with Crippen molar-refractivity contribution in [1.82, 2.24) is 0 Å². The highest BCUT2D eigenvalue weighted by Crippen LogP contribution is 2.38. The second-order valence-electron chi connectivity index (χ2n) is 6.20. The summed E-state index contributed by atoms with van der Waals surface area (Å²) in [5, 5.41) is 29.7. The van der Waals surface area contributed by atoms with Gasteiger partial charge in [-0.2, -0.15) is 0 Å². The maximum absolute atomic E-state index is 11.0. The zero-order valence-electron chi connectivity index (χ0n) is 16.4. The van der Waals surface area contributed by atoms with Gasteiger partial charge >= 0.3 is 0 Å². The van der Waals surface area contributed by atoms with Crippen LogP contribution in [0.4, 0.5) is 0 Å². The molecule has 2 aromatic carbocycles.